The fourth-order valence-corrected chi connectivity index (χ4v) is 3.79. The summed E-state index contributed by atoms with van der Waals surface area (Å²) in [5.41, 5.74) is 1.96. The molecule has 0 radical (unpaired) electrons. The van der Waals surface area contributed by atoms with Crippen molar-refractivity contribution >= 4 is 56.6 Å². The zero-order valence-corrected chi connectivity index (χ0v) is 16.5. The Hall–Kier alpha value is -1.91. The van der Waals surface area contributed by atoms with Gasteiger partial charge in [0.05, 0.1) is 11.6 Å². The molecule has 0 aliphatic heterocycles. The topological polar surface area (TPSA) is 34.4 Å². The van der Waals surface area contributed by atoms with Crippen LogP contribution in [0.15, 0.2) is 60.7 Å². The third kappa shape index (κ3) is 3.74. The molecule has 0 saturated carbocycles. The molecule has 3 nitrogen and oxygen atoms in total. The maximum absolute atomic E-state index is 10.6. The lowest BCUT2D eigenvalue weighted by Gasteiger charge is -2.15. The fourth-order valence-electron chi connectivity index (χ4n) is 3.26. The summed E-state index contributed by atoms with van der Waals surface area (Å²) in [6.07, 6.45) is -0.716. The molecular weight excluding hydrogens is 405 g/mol. The minimum atomic E-state index is -0.716. The van der Waals surface area contributed by atoms with Crippen LogP contribution < -0.4 is 4.74 Å². The van der Waals surface area contributed by atoms with Crippen molar-refractivity contribution < 1.29 is 9.84 Å². The van der Waals surface area contributed by atoms with Crippen molar-refractivity contribution in [2.24, 2.45) is 0 Å². The Morgan fingerprint density at radius 1 is 0.852 bits per heavy atom. The van der Waals surface area contributed by atoms with Crippen molar-refractivity contribution in [3.8, 4) is 5.75 Å². The van der Waals surface area contributed by atoms with Crippen LogP contribution in [0.1, 0.15) is 0 Å². The summed E-state index contributed by atoms with van der Waals surface area (Å²) in [5, 5.41) is 14.4. The number of hydrogen-bond donors (Lipinski definition) is 1. The van der Waals surface area contributed by atoms with Crippen LogP contribution in [0.2, 0.25) is 15.1 Å². The van der Waals surface area contributed by atoms with Gasteiger partial charge in [-0.05, 0) is 48.5 Å². The molecule has 138 valence electrons. The Balaban J connectivity index is 1.65. The van der Waals surface area contributed by atoms with Crippen molar-refractivity contribution in [3.63, 3.8) is 0 Å². The van der Waals surface area contributed by atoms with Gasteiger partial charge < -0.3 is 14.4 Å². The minimum Gasteiger partial charge on any atom is -0.489 e. The second-order valence-electron chi connectivity index (χ2n) is 6.33. The summed E-state index contributed by atoms with van der Waals surface area (Å²) in [5.74, 6) is 0.555. The average molecular weight is 421 g/mol. The van der Waals surface area contributed by atoms with Crippen LogP contribution in [0.4, 0.5) is 0 Å². The lowest BCUT2D eigenvalue weighted by atomic mass is 10.1. The maximum atomic E-state index is 10.6. The van der Waals surface area contributed by atoms with Gasteiger partial charge in [0.1, 0.15) is 18.5 Å². The number of nitrogens with zero attached hydrogens (tertiary/aromatic N) is 1. The van der Waals surface area contributed by atoms with Gasteiger partial charge in [-0.1, -0.05) is 46.9 Å². The van der Waals surface area contributed by atoms with Gasteiger partial charge >= 0.3 is 0 Å². The maximum Gasteiger partial charge on any atom is 0.138 e. The van der Waals surface area contributed by atoms with Crippen LogP contribution in [0.25, 0.3) is 21.8 Å². The fraction of sp³-hybridized carbons (Fsp3) is 0.143. The molecule has 0 saturated heterocycles. The summed E-state index contributed by atoms with van der Waals surface area (Å²) in [6.45, 7) is 0.500. The highest BCUT2D eigenvalue weighted by Gasteiger charge is 2.15. The van der Waals surface area contributed by atoms with E-state index in [1.54, 1.807) is 12.1 Å². The number of rotatable bonds is 5. The van der Waals surface area contributed by atoms with Crippen molar-refractivity contribution in [1.82, 2.24) is 4.57 Å². The number of benzene rings is 3. The lowest BCUT2D eigenvalue weighted by Crippen LogP contribution is -2.23. The second kappa shape index (κ2) is 7.61. The van der Waals surface area contributed by atoms with Crippen LogP contribution in [0.5, 0.6) is 5.75 Å². The number of hydrogen-bond acceptors (Lipinski definition) is 2. The van der Waals surface area contributed by atoms with E-state index in [1.165, 1.54) is 0 Å². The van der Waals surface area contributed by atoms with E-state index in [9.17, 15) is 5.11 Å². The number of aromatic nitrogens is 1. The molecule has 0 unspecified atom stereocenters. The van der Waals surface area contributed by atoms with E-state index < -0.39 is 6.10 Å². The van der Waals surface area contributed by atoms with Gasteiger partial charge in [-0.15, -0.1) is 0 Å². The molecule has 1 aromatic heterocycles. The number of para-hydroxylation sites is 1. The quantitative estimate of drug-likeness (QED) is 0.417. The molecule has 0 aliphatic rings. The lowest BCUT2D eigenvalue weighted by molar-refractivity contribution is 0.0945. The molecule has 3 aromatic carbocycles. The molecule has 1 heterocycles. The first-order valence-electron chi connectivity index (χ1n) is 8.45. The van der Waals surface area contributed by atoms with E-state index in [4.69, 9.17) is 39.5 Å². The van der Waals surface area contributed by atoms with Crippen LogP contribution >= 0.6 is 34.8 Å². The highest BCUT2D eigenvalue weighted by atomic mass is 35.5. The second-order valence-corrected chi connectivity index (χ2v) is 7.61. The Kier molecular flexibility index (Phi) is 5.20. The molecule has 27 heavy (non-hydrogen) atoms. The molecule has 0 aliphatic carbocycles. The molecule has 0 spiro atoms. The molecule has 1 atom stereocenters. The summed E-state index contributed by atoms with van der Waals surface area (Å²) < 4.78 is 7.73. The number of ether oxygens (including phenoxy) is 1. The number of aliphatic hydroxyl groups excluding tert-OH is 1. The molecule has 1 N–H and O–H groups in total. The van der Waals surface area contributed by atoms with E-state index in [2.05, 4.69) is 4.57 Å². The largest absolute Gasteiger partial charge is 0.489 e. The van der Waals surface area contributed by atoms with Crippen LogP contribution in [-0.4, -0.2) is 22.4 Å². The van der Waals surface area contributed by atoms with Crippen LogP contribution in [0.3, 0.4) is 0 Å². The number of halogens is 3. The third-order valence-electron chi connectivity index (χ3n) is 4.45. The number of aliphatic hydroxyl groups is 1. The highest BCUT2D eigenvalue weighted by Crippen LogP contribution is 2.33. The predicted molar refractivity (Wildman–Crippen MR) is 112 cm³/mol. The van der Waals surface area contributed by atoms with Gasteiger partial charge in [0, 0.05) is 31.9 Å². The Bertz CT molecular complexity index is 1060. The molecular formula is C21H16Cl3NO2. The Labute approximate surface area is 171 Å². The van der Waals surface area contributed by atoms with Gasteiger partial charge in [0.15, 0.2) is 0 Å². The molecule has 4 aromatic rings. The summed E-state index contributed by atoms with van der Waals surface area (Å²) in [7, 11) is 0. The van der Waals surface area contributed by atoms with Gasteiger partial charge in [-0.2, -0.15) is 0 Å². The highest BCUT2D eigenvalue weighted by molar-refractivity contribution is 6.33. The summed E-state index contributed by atoms with van der Waals surface area (Å²) in [6, 6.07) is 18.6. The van der Waals surface area contributed by atoms with E-state index in [-0.39, 0.29) is 6.61 Å². The standard InChI is InChI=1S/C21H16Cl3NO2/c22-13-5-7-19-16(9-13)17-10-14(23)6-8-20(17)25(19)11-15(26)12-27-21-4-2-1-3-18(21)24/h1-10,15,26H,11-12H2/t15-/m0/s1. The van der Waals surface area contributed by atoms with Gasteiger partial charge in [0.25, 0.3) is 0 Å². The zero-order chi connectivity index (χ0) is 19.0. The van der Waals surface area contributed by atoms with Gasteiger partial charge in [-0.25, -0.2) is 0 Å². The Morgan fingerprint density at radius 3 is 2.04 bits per heavy atom. The van der Waals surface area contributed by atoms with Crippen molar-refractivity contribution in [2.45, 2.75) is 12.6 Å². The molecule has 4 rings (SSSR count). The smallest absolute Gasteiger partial charge is 0.138 e. The first-order chi connectivity index (χ1) is 13.0. The predicted octanol–water partition coefficient (Wildman–Crippen LogP) is 6.19. The van der Waals surface area contributed by atoms with E-state index in [1.807, 2.05) is 48.5 Å². The molecule has 6 heteroatoms. The molecule has 0 bridgehead atoms. The monoisotopic (exact) mass is 419 g/mol. The first kappa shape index (κ1) is 18.5. The molecule has 0 fully saturated rings. The van der Waals surface area contributed by atoms with E-state index >= 15 is 0 Å². The van der Waals surface area contributed by atoms with Gasteiger partial charge in [0.2, 0.25) is 0 Å². The first-order valence-corrected chi connectivity index (χ1v) is 9.59. The summed E-state index contributed by atoms with van der Waals surface area (Å²) >= 11 is 18.5. The van der Waals surface area contributed by atoms with Crippen molar-refractivity contribution in [3.05, 3.63) is 75.7 Å². The van der Waals surface area contributed by atoms with Crippen LogP contribution in [-0.2, 0) is 6.54 Å². The zero-order valence-electron chi connectivity index (χ0n) is 14.2. The minimum absolute atomic E-state index is 0.131. The van der Waals surface area contributed by atoms with Gasteiger partial charge in [-0.3, -0.25) is 0 Å². The van der Waals surface area contributed by atoms with E-state index in [0.717, 1.165) is 21.8 Å². The van der Waals surface area contributed by atoms with Crippen molar-refractivity contribution in [2.75, 3.05) is 6.61 Å². The van der Waals surface area contributed by atoms with Crippen LogP contribution in [0, 0.1) is 0 Å². The third-order valence-corrected chi connectivity index (χ3v) is 5.23. The van der Waals surface area contributed by atoms with Crippen molar-refractivity contribution in [1.29, 1.82) is 0 Å². The van der Waals surface area contributed by atoms with E-state index in [0.29, 0.717) is 27.4 Å². The average Bonchev–Trinajstić information content (AvgIpc) is 2.93. The molecule has 0 amide bonds. The normalized spacial score (nSPS) is 12.6. The summed E-state index contributed by atoms with van der Waals surface area (Å²) in [4.78, 5) is 0. The Morgan fingerprint density at radius 2 is 1.44 bits per heavy atom. The number of fused-ring (bicyclic) bond motifs is 3. The SMILES string of the molecule is O[C@H](COc1ccccc1Cl)Cn1c2ccc(Cl)cc2c2cc(Cl)ccc21.